The van der Waals surface area contributed by atoms with Crippen LogP contribution in [0.5, 0.6) is 11.5 Å². The molecule has 0 fully saturated rings. The summed E-state index contributed by atoms with van der Waals surface area (Å²) in [5.74, 6) is -1.32. The monoisotopic (exact) mass is 382 g/mol. The molecule has 0 aromatic heterocycles. The number of halogens is 3. The molecule has 0 aliphatic rings. The molecule has 1 atom stereocenters. The Kier molecular flexibility index (Phi) is 6.27. The minimum atomic E-state index is -4.77. The molecule has 0 radical (unpaired) electrons. The van der Waals surface area contributed by atoms with Gasteiger partial charge in [-0.15, -0.1) is 13.2 Å². The Labute approximate surface area is 153 Å². The number of alkyl halides is 3. The minimum absolute atomic E-state index is 0.190. The molecule has 0 bridgehead atoms. The van der Waals surface area contributed by atoms with Crippen molar-refractivity contribution in [3.05, 3.63) is 59.7 Å². The molecule has 0 heterocycles. The molecule has 27 heavy (non-hydrogen) atoms. The van der Waals surface area contributed by atoms with E-state index in [4.69, 9.17) is 10.5 Å². The summed E-state index contributed by atoms with van der Waals surface area (Å²) in [4.78, 5) is 23.3. The van der Waals surface area contributed by atoms with Crippen LogP contribution in [0.15, 0.2) is 48.5 Å². The minimum Gasteiger partial charge on any atom is -0.483 e. The summed E-state index contributed by atoms with van der Waals surface area (Å²) in [6, 6.07) is 11.0. The maximum Gasteiger partial charge on any atom is 0.573 e. The number of hydrogen-bond acceptors (Lipinski definition) is 4. The van der Waals surface area contributed by atoms with Crippen LogP contribution in [-0.4, -0.2) is 24.8 Å². The Hall–Kier alpha value is -3.23. The molecule has 2 amide bonds. The maximum absolute atomic E-state index is 12.5. The predicted molar refractivity (Wildman–Crippen MR) is 90.1 cm³/mol. The third kappa shape index (κ3) is 6.21. The van der Waals surface area contributed by atoms with Crippen LogP contribution in [0, 0.1) is 0 Å². The second-order valence-electron chi connectivity index (χ2n) is 5.56. The number of carbonyl (C=O) groups excluding carboxylic acids is 2. The lowest BCUT2D eigenvalue weighted by molar-refractivity contribution is -0.274. The van der Waals surface area contributed by atoms with Crippen molar-refractivity contribution in [1.82, 2.24) is 5.32 Å². The second kappa shape index (κ2) is 8.43. The number of para-hydroxylation sites is 1. The van der Waals surface area contributed by atoms with E-state index in [9.17, 15) is 22.8 Å². The van der Waals surface area contributed by atoms with Crippen LogP contribution in [0.3, 0.4) is 0 Å². The first-order chi connectivity index (χ1) is 12.7. The molecule has 0 aliphatic heterocycles. The van der Waals surface area contributed by atoms with Gasteiger partial charge < -0.3 is 20.5 Å². The molecule has 0 aliphatic carbocycles. The van der Waals surface area contributed by atoms with Gasteiger partial charge in [-0.1, -0.05) is 24.3 Å². The molecule has 2 aromatic carbocycles. The van der Waals surface area contributed by atoms with E-state index in [1.165, 1.54) is 24.3 Å². The number of carbonyl (C=O) groups is 2. The molecule has 2 aromatic rings. The first kappa shape index (κ1) is 20.1. The Morgan fingerprint density at radius 1 is 1.11 bits per heavy atom. The molecule has 0 spiro atoms. The summed E-state index contributed by atoms with van der Waals surface area (Å²) in [6.07, 6.45) is -4.77. The van der Waals surface area contributed by atoms with Crippen LogP contribution >= 0.6 is 0 Å². The van der Waals surface area contributed by atoms with Crippen molar-refractivity contribution in [3.8, 4) is 11.5 Å². The number of nitrogens with two attached hydrogens (primary N) is 1. The number of amides is 2. The fourth-order valence-electron chi connectivity index (χ4n) is 2.24. The number of primary amides is 1. The highest BCUT2D eigenvalue weighted by Crippen LogP contribution is 2.25. The van der Waals surface area contributed by atoms with E-state index in [0.717, 1.165) is 12.1 Å². The SMILES string of the molecule is C[C@H](NC(=O)c1ccccc1OCC(N)=O)c1ccc(OC(F)(F)F)cc1. The normalized spacial score (nSPS) is 12.1. The smallest absolute Gasteiger partial charge is 0.483 e. The van der Waals surface area contributed by atoms with Crippen molar-refractivity contribution >= 4 is 11.8 Å². The van der Waals surface area contributed by atoms with Crippen LogP contribution in [-0.2, 0) is 4.79 Å². The lowest BCUT2D eigenvalue weighted by Gasteiger charge is -2.17. The lowest BCUT2D eigenvalue weighted by Crippen LogP contribution is -2.28. The molecule has 3 N–H and O–H groups in total. The van der Waals surface area contributed by atoms with Crippen LogP contribution in [0.2, 0.25) is 0 Å². The first-order valence-electron chi connectivity index (χ1n) is 7.82. The van der Waals surface area contributed by atoms with Gasteiger partial charge in [-0.25, -0.2) is 0 Å². The third-order valence-electron chi connectivity index (χ3n) is 3.46. The fraction of sp³-hybridized carbons (Fsp3) is 0.222. The van der Waals surface area contributed by atoms with Crippen LogP contribution < -0.4 is 20.5 Å². The second-order valence-corrected chi connectivity index (χ2v) is 5.56. The average molecular weight is 382 g/mol. The Morgan fingerprint density at radius 3 is 2.33 bits per heavy atom. The highest BCUT2D eigenvalue weighted by Gasteiger charge is 2.31. The molecule has 0 saturated heterocycles. The molecule has 0 unspecified atom stereocenters. The van der Waals surface area contributed by atoms with Crippen LogP contribution in [0.1, 0.15) is 28.9 Å². The number of ether oxygens (including phenoxy) is 2. The maximum atomic E-state index is 12.5. The van der Waals surface area contributed by atoms with E-state index in [0.29, 0.717) is 5.56 Å². The summed E-state index contributed by atoms with van der Waals surface area (Å²) in [5.41, 5.74) is 5.80. The quantitative estimate of drug-likeness (QED) is 0.770. The van der Waals surface area contributed by atoms with E-state index >= 15 is 0 Å². The van der Waals surface area contributed by atoms with E-state index in [2.05, 4.69) is 10.1 Å². The van der Waals surface area contributed by atoms with Gasteiger partial charge in [0.05, 0.1) is 11.6 Å². The molecule has 144 valence electrons. The summed E-state index contributed by atoms with van der Waals surface area (Å²) in [5, 5.41) is 2.71. The van der Waals surface area contributed by atoms with Gasteiger partial charge >= 0.3 is 6.36 Å². The summed E-state index contributed by atoms with van der Waals surface area (Å²) in [7, 11) is 0. The largest absolute Gasteiger partial charge is 0.573 e. The molecule has 6 nitrogen and oxygen atoms in total. The number of benzene rings is 2. The lowest BCUT2D eigenvalue weighted by atomic mass is 10.1. The van der Waals surface area contributed by atoms with Gasteiger partial charge in [-0.2, -0.15) is 0 Å². The van der Waals surface area contributed by atoms with Crippen molar-refractivity contribution in [2.45, 2.75) is 19.3 Å². The van der Waals surface area contributed by atoms with Crippen molar-refractivity contribution in [2.24, 2.45) is 5.73 Å². The number of nitrogens with one attached hydrogen (secondary N) is 1. The van der Waals surface area contributed by atoms with Gasteiger partial charge in [0.15, 0.2) is 6.61 Å². The van der Waals surface area contributed by atoms with Crippen LogP contribution in [0.25, 0.3) is 0 Å². The Balaban J connectivity index is 2.06. The van der Waals surface area contributed by atoms with Crippen molar-refractivity contribution in [3.63, 3.8) is 0 Å². The summed E-state index contributed by atoms with van der Waals surface area (Å²) in [6.45, 7) is 1.30. The third-order valence-corrected chi connectivity index (χ3v) is 3.46. The zero-order valence-corrected chi connectivity index (χ0v) is 14.2. The van der Waals surface area contributed by atoms with Gasteiger partial charge in [0.2, 0.25) is 0 Å². The average Bonchev–Trinajstić information content (AvgIpc) is 2.59. The Bertz CT molecular complexity index is 807. The van der Waals surface area contributed by atoms with Gasteiger partial charge in [0.25, 0.3) is 11.8 Å². The van der Waals surface area contributed by atoms with Crippen molar-refractivity contribution < 1.29 is 32.2 Å². The molecule has 9 heteroatoms. The number of rotatable bonds is 7. The Morgan fingerprint density at radius 2 is 1.74 bits per heavy atom. The first-order valence-corrected chi connectivity index (χ1v) is 7.82. The van der Waals surface area contributed by atoms with Gasteiger partial charge in [-0.3, -0.25) is 9.59 Å². The summed E-state index contributed by atoms with van der Waals surface area (Å²) >= 11 is 0. The highest BCUT2D eigenvalue weighted by atomic mass is 19.4. The molecular weight excluding hydrogens is 365 g/mol. The van der Waals surface area contributed by atoms with Gasteiger partial charge in [0.1, 0.15) is 11.5 Å². The van der Waals surface area contributed by atoms with Crippen LogP contribution in [0.4, 0.5) is 13.2 Å². The predicted octanol–water partition coefficient (Wildman–Crippen LogP) is 2.94. The van der Waals surface area contributed by atoms with Gasteiger partial charge in [0, 0.05) is 0 Å². The zero-order valence-electron chi connectivity index (χ0n) is 14.2. The van der Waals surface area contributed by atoms with E-state index in [-0.39, 0.29) is 23.7 Å². The number of hydrogen-bond donors (Lipinski definition) is 2. The molecule has 0 saturated carbocycles. The van der Waals surface area contributed by atoms with E-state index < -0.39 is 24.2 Å². The topological polar surface area (TPSA) is 90.6 Å². The summed E-state index contributed by atoms with van der Waals surface area (Å²) < 4.78 is 45.6. The van der Waals surface area contributed by atoms with Crippen molar-refractivity contribution in [1.29, 1.82) is 0 Å². The highest BCUT2D eigenvalue weighted by molar-refractivity contribution is 5.97. The zero-order chi connectivity index (χ0) is 20.0. The van der Waals surface area contributed by atoms with E-state index in [1.807, 2.05) is 0 Å². The standard InChI is InChI=1S/C18H17F3N2O4/c1-11(12-6-8-13(9-7-12)27-18(19,20)21)23-17(25)14-4-2-3-5-15(14)26-10-16(22)24/h2-9,11H,10H2,1H3,(H2,22,24)(H,23,25)/t11-/m0/s1. The molecular formula is C18H17F3N2O4. The van der Waals surface area contributed by atoms with E-state index in [1.54, 1.807) is 19.1 Å². The molecule has 2 rings (SSSR count). The van der Waals surface area contributed by atoms with Gasteiger partial charge in [-0.05, 0) is 36.8 Å². The fourth-order valence-corrected chi connectivity index (χ4v) is 2.24. The van der Waals surface area contributed by atoms with Crippen molar-refractivity contribution in [2.75, 3.05) is 6.61 Å².